The number of benzene rings is 1. The summed E-state index contributed by atoms with van der Waals surface area (Å²) in [7, 11) is 0. The zero-order valence-electron chi connectivity index (χ0n) is 7.25. The standard InChI is InChI=1S/C9H13N.K/c1-8(10)7-9-5-3-2-4-6-9;/h2-6,8H,7,10H2,1H3;. The van der Waals surface area contributed by atoms with Gasteiger partial charge < -0.3 is 5.73 Å². The van der Waals surface area contributed by atoms with E-state index in [0.717, 1.165) is 6.42 Å². The molecule has 0 saturated carbocycles. The SMILES string of the molecule is CC(N)Cc1ccccc1.[K]. The molecule has 0 aliphatic carbocycles. The molecule has 1 unspecified atom stereocenters. The Labute approximate surface area is 111 Å². The van der Waals surface area contributed by atoms with Crippen molar-refractivity contribution in [3.8, 4) is 0 Å². The van der Waals surface area contributed by atoms with Crippen LogP contribution in [0.25, 0.3) is 0 Å². The van der Waals surface area contributed by atoms with E-state index < -0.39 is 0 Å². The maximum atomic E-state index is 5.62. The van der Waals surface area contributed by atoms with Crippen LogP contribution >= 0.6 is 0 Å². The smallest absolute Gasteiger partial charge is 0.00509 e. The van der Waals surface area contributed by atoms with Gasteiger partial charge in [0.05, 0.1) is 0 Å². The van der Waals surface area contributed by atoms with E-state index in [4.69, 9.17) is 5.73 Å². The normalized spacial score (nSPS) is 11.8. The van der Waals surface area contributed by atoms with Gasteiger partial charge in [0, 0.05) is 57.4 Å². The van der Waals surface area contributed by atoms with Crippen LogP contribution in [0.15, 0.2) is 30.3 Å². The van der Waals surface area contributed by atoms with Gasteiger partial charge in [0.1, 0.15) is 0 Å². The molecule has 0 aliphatic rings. The van der Waals surface area contributed by atoms with Gasteiger partial charge in [0.25, 0.3) is 0 Å². The summed E-state index contributed by atoms with van der Waals surface area (Å²) in [5.74, 6) is 0. The number of nitrogens with two attached hydrogens (primary N) is 1. The van der Waals surface area contributed by atoms with Crippen molar-refractivity contribution in [1.82, 2.24) is 0 Å². The van der Waals surface area contributed by atoms with Gasteiger partial charge in [-0.2, -0.15) is 0 Å². The molecule has 55 valence electrons. The molecule has 1 radical (unpaired) electrons. The average molecular weight is 174 g/mol. The third-order valence-corrected chi connectivity index (χ3v) is 1.40. The molecule has 0 heterocycles. The van der Waals surface area contributed by atoms with E-state index in [1.54, 1.807) is 0 Å². The summed E-state index contributed by atoms with van der Waals surface area (Å²) >= 11 is 0. The Morgan fingerprint density at radius 2 is 1.82 bits per heavy atom. The average Bonchev–Trinajstić information content (AvgIpc) is 1.88. The van der Waals surface area contributed by atoms with Gasteiger partial charge in [-0.25, -0.2) is 0 Å². The third kappa shape index (κ3) is 5.12. The minimum absolute atomic E-state index is 0. The van der Waals surface area contributed by atoms with Crippen molar-refractivity contribution in [2.45, 2.75) is 19.4 Å². The van der Waals surface area contributed by atoms with Crippen LogP contribution in [0.5, 0.6) is 0 Å². The van der Waals surface area contributed by atoms with E-state index in [1.165, 1.54) is 5.56 Å². The Kier molecular flexibility index (Phi) is 6.82. The van der Waals surface area contributed by atoms with Crippen molar-refractivity contribution >= 4 is 51.4 Å². The van der Waals surface area contributed by atoms with E-state index in [9.17, 15) is 0 Å². The fourth-order valence-electron chi connectivity index (χ4n) is 0.986. The molecular weight excluding hydrogens is 161 g/mol. The van der Waals surface area contributed by atoms with Crippen LogP contribution in [0.2, 0.25) is 0 Å². The monoisotopic (exact) mass is 174 g/mol. The predicted octanol–water partition coefficient (Wildman–Crippen LogP) is 1.20. The Bertz CT molecular complexity index is 184. The molecule has 2 N–H and O–H groups in total. The van der Waals surface area contributed by atoms with Crippen molar-refractivity contribution < 1.29 is 0 Å². The molecule has 2 heteroatoms. The molecule has 0 aliphatic heterocycles. The second-order valence-corrected chi connectivity index (χ2v) is 2.67. The summed E-state index contributed by atoms with van der Waals surface area (Å²) in [4.78, 5) is 0. The van der Waals surface area contributed by atoms with E-state index in [-0.39, 0.29) is 57.4 Å². The first-order valence-corrected chi connectivity index (χ1v) is 3.58. The fourth-order valence-corrected chi connectivity index (χ4v) is 0.986. The summed E-state index contributed by atoms with van der Waals surface area (Å²) in [6.45, 7) is 2.02. The molecule has 1 atom stereocenters. The molecule has 1 aromatic carbocycles. The minimum atomic E-state index is 0. The summed E-state index contributed by atoms with van der Waals surface area (Å²) in [6.07, 6.45) is 0.973. The minimum Gasteiger partial charge on any atom is -0.328 e. The summed E-state index contributed by atoms with van der Waals surface area (Å²) in [5, 5.41) is 0. The molecule has 0 spiro atoms. The zero-order chi connectivity index (χ0) is 7.40. The molecule has 1 aromatic rings. The quantitative estimate of drug-likeness (QED) is 0.670. The van der Waals surface area contributed by atoms with E-state index >= 15 is 0 Å². The molecule has 0 fully saturated rings. The molecule has 0 aromatic heterocycles. The fraction of sp³-hybridized carbons (Fsp3) is 0.333. The van der Waals surface area contributed by atoms with Gasteiger partial charge in [-0.3, -0.25) is 0 Å². The van der Waals surface area contributed by atoms with Gasteiger partial charge in [0.15, 0.2) is 0 Å². The predicted molar refractivity (Wildman–Crippen MR) is 49.5 cm³/mol. The first-order chi connectivity index (χ1) is 4.79. The zero-order valence-corrected chi connectivity index (χ0v) is 10.4. The summed E-state index contributed by atoms with van der Waals surface area (Å²) in [5.41, 5.74) is 6.94. The van der Waals surface area contributed by atoms with Gasteiger partial charge in [0.2, 0.25) is 0 Å². The molecular formula is C9H13KN. The van der Waals surface area contributed by atoms with Gasteiger partial charge in [-0.1, -0.05) is 30.3 Å². The van der Waals surface area contributed by atoms with Crippen molar-refractivity contribution in [1.29, 1.82) is 0 Å². The molecule has 1 rings (SSSR count). The van der Waals surface area contributed by atoms with Crippen LogP contribution < -0.4 is 5.73 Å². The van der Waals surface area contributed by atoms with Gasteiger partial charge in [-0.15, -0.1) is 0 Å². The van der Waals surface area contributed by atoms with Crippen molar-refractivity contribution in [3.05, 3.63) is 35.9 Å². The Balaban J connectivity index is 0.000001000. The van der Waals surface area contributed by atoms with E-state index in [2.05, 4.69) is 12.1 Å². The van der Waals surface area contributed by atoms with Crippen LogP contribution in [0.1, 0.15) is 12.5 Å². The van der Waals surface area contributed by atoms with Gasteiger partial charge in [-0.05, 0) is 18.9 Å². The molecule has 1 nitrogen and oxygen atoms in total. The Hall–Kier alpha value is 0.816. The van der Waals surface area contributed by atoms with Crippen molar-refractivity contribution in [2.75, 3.05) is 0 Å². The van der Waals surface area contributed by atoms with Crippen molar-refractivity contribution in [3.63, 3.8) is 0 Å². The molecule has 0 saturated heterocycles. The molecule has 0 amide bonds. The van der Waals surface area contributed by atoms with Crippen LogP contribution in [-0.2, 0) is 6.42 Å². The Morgan fingerprint density at radius 1 is 1.27 bits per heavy atom. The summed E-state index contributed by atoms with van der Waals surface area (Å²) < 4.78 is 0. The topological polar surface area (TPSA) is 26.0 Å². The largest absolute Gasteiger partial charge is 0.328 e. The second kappa shape index (κ2) is 6.35. The molecule has 0 bridgehead atoms. The summed E-state index contributed by atoms with van der Waals surface area (Å²) in [6, 6.07) is 10.6. The van der Waals surface area contributed by atoms with Crippen LogP contribution in [-0.4, -0.2) is 57.4 Å². The van der Waals surface area contributed by atoms with Crippen LogP contribution in [0.3, 0.4) is 0 Å². The maximum Gasteiger partial charge on any atom is 0.00509 e. The number of rotatable bonds is 2. The van der Waals surface area contributed by atoms with E-state index in [1.807, 2.05) is 25.1 Å². The maximum absolute atomic E-state index is 5.62. The van der Waals surface area contributed by atoms with Crippen LogP contribution in [0, 0.1) is 0 Å². The van der Waals surface area contributed by atoms with Crippen molar-refractivity contribution in [2.24, 2.45) is 5.73 Å². The first-order valence-electron chi connectivity index (χ1n) is 3.58. The number of hydrogen-bond acceptors (Lipinski definition) is 1. The molecule has 11 heavy (non-hydrogen) atoms. The van der Waals surface area contributed by atoms with Gasteiger partial charge >= 0.3 is 0 Å². The number of hydrogen-bond donors (Lipinski definition) is 1. The Morgan fingerprint density at radius 3 is 2.27 bits per heavy atom. The van der Waals surface area contributed by atoms with Crippen LogP contribution in [0.4, 0.5) is 0 Å². The van der Waals surface area contributed by atoms with E-state index in [0.29, 0.717) is 0 Å². The second-order valence-electron chi connectivity index (χ2n) is 2.67. The first kappa shape index (κ1) is 11.8. The third-order valence-electron chi connectivity index (χ3n) is 1.40.